The summed E-state index contributed by atoms with van der Waals surface area (Å²) in [7, 11) is 0. The number of unbranched alkanes of at least 4 members (excludes halogenated alkanes) is 1. The molecule has 0 heterocycles. The van der Waals surface area contributed by atoms with Crippen molar-refractivity contribution < 1.29 is 0 Å². The summed E-state index contributed by atoms with van der Waals surface area (Å²) in [5, 5.41) is 0. The highest BCUT2D eigenvalue weighted by molar-refractivity contribution is 5.85. The van der Waals surface area contributed by atoms with E-state index in [0.29, 0.717) is 5.92 Å². The maximum atomic E-state index is 5.25. The van der Waals surface area contributed by atoms with Gasteiger partial charge in [-0.3, -0.25) is 4.99 Å². The van der Waals surface area contributed by atoms with Crippen molar-refractivity contribution >= 4 is 18.4 Å². The zero-order valence-electron chi connectivity index (χ0n) is 8.62. The van der Waals surface area contributed by atoms with Gasteiger partial charge in [-0.15, -0.1) is 12.4 Å². The number of halogens is 1. The molecule has 1 unspecified atom stereocenters. The van der Waals surface area contributed by atoms with Crippen molar-refractivity contribution in [3.8, 4) is 0 Å². The summed E-state index contributed by atoms with van der Waals surface area (Å²) in [5.74, 6) is 0.872. The fourth-order valence-electron chi connectivity index (χ4n) is 1.15. The predicted molar refractivity (Wildman–Crippen MR) is 61.2 cm³/mol. The second-order valence-electron chi connectivity index (χ2n) is 3.18. The van der Waals surface area contributed by atoms with Gasteiger partial charge >= 0.3 is 0 Å². The number of guanidine groups is 1. The van der Waals surface area contributed by atoms with Crippen LogP contribution in [0.25, 0.3) is 0 Å². The van der Waals surface area contributed by atoms with Crippen molar-refractivity contribution in [3.05, 3.63) is 0 Å². The van der Waals surface area contributed by atoms with Crippen LogP contribution in [0.4, 0.5) is 0 Å². The summed E-state index contributed by atoms with van der Waals surface area (Å²) in [4.78, 5) is 4.02. The van der Waals surface area contributed by atoms with Gasteiger partial charge in [0.1, 0.15) is 0 Å². The van der Waals surface area contributed by atoms with Crippen LogP contribution in [0.15, 0.2) is 4.99 Å². The Balaban J connectivity index is 0. The summed E-state index contributed by atoms with van der Waals surface area (Å²) in [6, 6.07) is 0. The van der Waals surface area contributed by atoms with E-state index in [1.807, 2.05) is 0 Å². The average molecular weight is 208 g/mol. The minimum atomic E-state index is 0. The molecule has 0 bridgehead atoms. The SMILES string of the molecule is CCCCC(CC)CN=C(N)N.Cl. The molecule has 3 nitrogen and oxygen atoms in total. The van der Waals surface area contributed by atoms with Crippen molar-refractivity contribution in [2.75, 3.05) is 6.54 Å². The minimum absolute atomic E-state index is 0. The summed E-state index contributed by atoms with van der Waals surface area (Å²) >= 11 is 0. The van der Waals surface area contributed by atoms with Gasteiger partial charge < -0.3 is 11.5 Å². The van der Waals surface area contributed by atoms with Crippen LogP contribution in [-0.4, -0.2) is 12.5 Å². The minimum Gasteiger partial charge on any atom is -0.370 e. The third-order valence-electron chi connectivity index (χ3n) is 2.08. The molecule has 0 fully saturated rings. The lowest BCUT2D eigenvalue weighted by Gasteiger charge is -2.10. The summed E-state index contributed by atoms with van der Waals surface area (Å²) in [5.41, 5.74) is 10.5. The quantitative estimate of drug-likeness (QED) is 0.516. The van der Waals surface area contributed by atoms with E-state index in [1.165, 1.54) is 19.3 Å². The number of nitrogens with two attached hydrogens (primary N) is 2. The molecule has 0 amide bonds. The molecule has 4 N–H and O–H groups in total. The van der Waals surface area contributed by atoms with E-state index in [2.05, 4.69) is 18.8 Å². The second-order valence-corrected chi connectivity index (χ2v) is 3.18. The molecule has 0 rings (SSSR count). The average Bonchev–Trinajstić information content (AvgIpc) is 2.05. The lowest BCUT2D eigenvalue weighted by Crippen LogP contribution is -2.24. The van der Waals surface area contributed by atoms with Crippen molar-refractivity contribution in [3.63, 3.8) is 0 Å². The largest absolute Gasteiger partial charge is 0.370 e. The van der Waals surface area contributed by atoms with Crippen molar-refractivity contribution in [1.29, 1.82) is 0 Å². The van der Waals surface area contributed by atoms with Gasteiger partial charge in [-0.05, 0) is 12.3 Å². The highest BCUT2D eigenvalue weighted by atomic mass is 35.5. The normalized spacial score (nSPS) is 11.5. The highest BCUT2D eigenvalue weighted by Gasteiger charge is 2.03. The lowest BCUT2D eigenvalue weighted by molar-refractivity contribution is 0.462. The third kappa shape index (κ3) is 9.47. The molecule has 0 saturated carbocycles. The second kappa shape index (κ2) is 9.65. The van der Waals surface area contributed by atoms with Gasteiger partial charge in [0.05, 0.1) is 0 Å². The van der Waals surface area contributed by atoms with Gasteiger partial charge in [-0.1, -0.05) is 33.1 Å². The Hall–Kier alpha value is -0.440. The van der Waals surface area contributed by atoms with Crippen LogP contribution < -0.4 is 11.5 Å². The molecule has 0 aliphatic rings. The summed E-state index contributed by atoms with van der Waals surface area (Å²) in [6.45, 7) is 5.18. The molecule has 0 aromatic heterocycles. The van der Waals surface area contributed by atoms with E-state index >= 15 is 0 Å². The molecule has 0 saturated heterocycles. The monoisotopic (exact) mass is 207 g/mol. The van der Waals surface area contributed by atoms with Crippen LogP contribution in [0.3, 0.4) is 0 Å². The van der Waals surface area contributed by atoms with Crippen LogP contribution in [0, 0.1) is 5.92 Å². The molecule has 80 valence electrons. The Morgan fingerprint density at radius 2 is 1.92 bits per heavy atom. The zero-order valence-corrected chi connectivity index (χ0v) is 9.44. The molecule has 0 aliphatic carbocycles. The van der Waals surface area contributed by atoms with E-state index in [-0.39, 0.29) is 18.4 Å². The van der Waals surface area contributed by atoms with Gasteiger partial charge in [0.15, 0.2) is 5.96 Å². The van der Waals surface area contributed by atoms with E-state index in [1.54, 1.807) is 0 Å². The standard InChI is InChI=1S/C9H21N3.ClH/c1-3-5-6-8(4-2)7-12-9(10)11;/h8H,3-7H2,1-2H3,(H4,10,11,12);1H. The maximum Gasteiger partial charge on any atom is 0.185 e. The smallest absolute Gasteiger partial charge is 0.185 e. The van der Waals surface area contributed by atoms with Gasteiger partial charge in [0.25, 0.3) is 0 Å². The van der Waals surface area contributed by atoms with Crippen LogP contribution in [0.2, 0.25) is 0 Å². The first kappa shape index (κ1) is 15.1. The van der Waals surface area contributed by atoms with Crippen molar-refractivity contribution in [2.45, 2.75) is 39.5 Å². The van der Waals surface area contributed by atoms with Crippen molar-refractivity contribution in [2.24, 2.45) is 22.4 Å². The fourth-order valence-corrected chi connectivity index (χ4v) is 1.15. The van der Waals surface area contributed by atoms with Crippen LogP contribution >= 0.6 is 12.4 Å². The van der Waals surface area contributed by atoms with Crippen LogP contribution in [0.5, 0.6) is 0 Å². The van der Waals surface area contributed by atoms with Gasteiger partial charge in [0.2, 0.25) is 0 Å². The predicted octanol–water partition coefficient (Wildman–Crippen LogP) is 1.90. The first-order valence-corrected chi connectivity index (χ1v) is 4.76. The molecule has 0 aromatic rings. The fraction of sp³-hybridized carbons (Fsp3) is 0.889. The van der Waals surface area contributed by atoms with E-state index < -0.39 is 0 Å². The molecule has 13 heavy (non-hydrogen) atoms. The third-order valence-corrected chi connectivity index (χ3v) is 2.08. The van der Waals surface area contributed by atoms with Gasteiger partial charge in [-0.2, -0.15) is 0 Å². The van der Waals surface area contributed by atoms with Crippen LogP contribution in [0.1, 0.15) is 39.5 Å². The molecule has 0 spiro atoms. The maximum absolute atomic E-state index is 5.25. The Morgan fingerprint density at radius 1 is 1.31 bits per heavy atom. The van der Waals surface area contributed by atoms with Crippen molar-refractivity contribution in [1.82, 2.24) is 0 Å². The zero-order chi connectivity index (χ0) is 9.40. The molecule has 0 radical (unpaired) electrons. The topological polar surface area (TPSA) is 64.4 Å². The number of hydrogen-bond donors (Lipinski definition) is 2. The first-order valence-electron chi connectivity index (χ1n) is 4.76. The number of aliphatic imine (C=N–C) groups is 1. The lowest BCUT2D eigenvalue weighted by atomic mass is 10.00. The van der Waals surface area contributed by atoms with Gasteiger partial charge in [-0.25, -0.2) is 0 Å². The Labute approximate surface area is 87.4 Å². The number of hydrogen-bond acceptors (Lipinski definition) is 1. The number of rotatable bonds is 6. The van der Waals surface area contributed by atoms with Gasteiger partial charge in [0, 0.05) is 6.54 Å². The first-order chi connectivity index (χ1) is 5.70. The molecule has 1 atom stereocenters. The molecule has 0 aromatic carbocycles. The molecule has 4 heteroatoms. The van der Waals surface area contributed by atoms with E-state index in [9.17, 15) is 0 Å². The Morgan fingerprint density at radius 3 is 2.31 bits per heavy atom. The summed E-state index contributed by atoms with van der Waals surface area (Å²) < 4.78 is 0. The number of nitrogens with zero attached hydrogens (tertiary/aromatic N) is 1. The highest BCUT2D eigenvalue weighted by Crippen LogP contribution is 2.12. The van der Waals surface area contributed by atoms with E-state index in [4.69, 9.17) is 11.5 Å². The molecular weight excluding hydrogens is 186 g/mol. The molecule has 0 aliphatic heterocycles. The van der Waals surface area contributed by atoms with Crippen LogP contribution in [-0.2, 0) is 0 Å². The Bertz CT molecular complexity index is 133. The summed E-state index contributed by atoms with van der Waals surface area (Å²) in [6.07, 6.45) is 4.93. The Kier molecular flexibility index (Phi) is 11.2. The van der Waals surface area contributed by atoms with E-state index in [0.717, 1.165) is 13.0 Å². The molecular formula is C9H22ClN3.